The Morgan fingerprint density at radius 1 is 0.905 bits per heavy atom. The minimum absolute atomic E-state index is 0.640. The van der Waals surface area contributed by atoms with Crippen molar-refractivity contribution < 1.29 is 8.42 Å². The Bertz CT molecular complexity index is 411. The largest absolute Gasteiger partial charge is 0.306 e. The van der Waals surface area contributed by atoms with Crippen molar-refractivity contribution in [1.29, 1.82) is 0 Å². The van der Waals surface area contributed by atoms with E-state index in [-0.39, 0.29) is 0 Å². The SMILES string of the molecule is CN(C)C1CCN(CCN2CCN(S(C)(=O)=O)CC2)CC1. The lowest BCUT2D eigenvalue weighted by molar-refractivity contribution is 0.118. The molecule has 21 heavy (non-hydrogen) atoms. The second-order valence-corrected chi connectivity index (χ2v) is 8.52. The molecule has 0 spiro atoms. The van der Waals surface area contributed by atoms with Gasteiger partial charge in [-0.2, -0.15) is 4.31 Å². The molecule has 0 unspecified atom stereocenters. The van der Waals surface area contributed by atoms with Gasteiger partial charge in [0, 0.05) is 45.3 Å². The molecule has 0 amide bonds. The van der Waals surface area contributed by atoms with Gasteiger partial charge in [0.2, 0.25) is 10.0 Å². The summed E-state index contributed by atoms with van der Waals surface area (Å²) in [6.45, 7) is 7.55. The molecule has 0 saturated carbocycles. The molecule has 2 saturated heterocycles. The van der Waals surface area contributed by atoms with E-state index >= 15 is 0 Å². The number of rotatable bonds is 5. The molecule has 6 nitrogen and oxygen atoms in total. The predicted molar refractivity (Wildman–Crippen MR) is 86.0 cm³/mol. The van der Waals surface area contributed by atoms with Crippen molar-refractivity contribution in [2.45, 2.75) is 18.9 Å². The van der Waals surface area contributed by atoms with Gasteiger partial charge in [0.25, 0.3) is 0 Å². The minimum atomic E-state index is -3.01. The summed E-state index contributed by atoms with van der Waals surface area (Å²) in [5.41, 5.74) is 0. The molecule has 0 aliphatic carbocycles. The number of hydrogen-bond acceptors (Lipinski definition) is 5. The minimum Gasteiger partial charge on any atom is -0.306 e. The fourth-order valence-electron chi connectivity index (χ4n) is 3.23. The highest BCUT2D eigenvalue weighted by atomic mass is 32.2. The van der Waals surface area contributed by atoms with Crippen molar-refractivity contribution in [1.82, 2.24) is 19.0 Å². The molecular formula is C14H30N4O2S. The highest BCUT2D eigenvalue weighted by molar-refractivity contribution is 7.88. The third-order valence-corrected chi connectivity index (χ3v) is 6.12. The van der Waals surface area contributed by atoms with Crippen LogP contribution in [0.3, 0.4) is 0 Å². The number of sulfonamides is 1. The quantitative estimate of drug-likeness (QED) is 0.690. The van der Waals surface area contributed by atoms with Crippen LogP contribution in [0.25, 0.3) is 0 Å². The van der Waals surface area contributed by atoms with Crippen LogP contribution in [0.2, 0.25) is 0 Å². The van der Waals surface area contributed by atoms with E-state index in [1.165, 1.54) is 32.2 Å². The fourth-order valence-corrected chi connectivity index (χ4v) is 4.05. The lowest BCUT2D eigenvalue weighted by atomic mass is 10.0. The van der Waals surface area contributed by atoms with Crippen molar-refractivity contribution in [2.75, 3.05) is 72.7 Å². The van der Waals surface area contributed by atoms with Gasteiger partial charge in [-0.25, -0.2) is 8.42 Å². The first-order valence-electron chi connectivity index (χ1n) is 7.92. The second kappa shape index (κ2) is 7.37. The Balaban J connectivity index is 1.65. The highest BCUT2D eigenvalue weighted by Gasteiger charge is 2.24. The van der Waals surface area contributed by atoms with E-state index in [1.54, 1.807) is 4.31 Å². The Morgan fingerprint density at radius 3 is 1.81 bits per heavy atom. The van der Waals surface area contributed by atoms with Gasteiger partial charge in [0.1, 0.15) is 0 Å². The van der Waals surface area contributed by atoms with Crippen molar-refractivity contribution in [3.05, 3.63) is 0 Å². The van der Waals surface area contributed by atoms with Crippen LogP contribution in [0.1, 0.15) is 12.8 Å². The maximum absolute atomic E-state index is 11.5. The smallest absolute Gasteiger partial charge is 0.211 e. The molecule has 124 valence electrons. The Kier molecular flexibility index (Phi) is 6.02. The maximum atomic E-state index is 11.5. The molecule has 2 aliphatic rings. The van der Waals surface area contributed by atoms with Crippen LogP contribution in [-0.4, -0.2) is 106 Å². The molecule has 2 aliphatic heterocycles. The van der Waals surface area contributed by atoms with Crippen LogP contribution in [0, 0.1) is 0 Å². The van der Waals surface area contributed by atoms with Gasteiger partial charge in [0.05, 0.1) is 6.26 Å². The van der Waals surface area contributed by atoms with Crippen LogP contribution in [0.5, 0.6) is 0 Å². The predicted octanol–water partition coefficient (Wildman–Crippen LogP) is -0.410. The number of nitrogens with zero attached hydrogens (tertiary/aromatic N) is 4. The van der Waals surface area contributed by atoms with E-state index in [2.05, 4.69) is 28.8 Å². The van der Waals surface area contributed by atoms with Gasteiger partial charge in [-0.15, -0.1) is 0 Å². The zero-order valence-electron chi connectivity index (χ0n) is 13.7. The molecule has 0 atom stereocenters. The van der Waals surface area contributed by atoms with Crippen molar-refractivity contribution in [3.8, 4) is 0 Å². The van der Waals surface area contributed by atoms with Gasteiger partial charge in [-0.05, 0) is 40.0 Å². The molecule has 0 aromatic heterocycles. The number of hydrogen-bond donors (Lipinski definition) is 0. The molecule has 0 radical (unpaired) electrons. The van der Waals surface area contributed by atoms with Crippen molar-refractivity contribution >= 4 is 10.0 Å². The molecule has 0 bridgehead atoms. The molecular weight excluding hydrogens is 288 g/mol. The zero-order chi connectivity index (χ0) is 15.5. The van der Waals surface area contributed by atoms with E-state index in [4.69, 9.17) is 0 Å². The summed E-state index contributed by atoms with van der Waals surface area (Å²) in [5.74, 6) is 0. The lowest BCUT2D eigenvalue weighted by Gasteiger charge is -2.37. The first-order valence-corrected chi connectivity index (χ1v) is 9.77. The molecule has 2 heterocycles. The average molecular weight is 318 g/mol. The van der Waals surface area contributed by atoms with Crippen LogP contribution in [0.15, 0.2) is 0 Å². The van der Waals surface area contributed by atoms with E-state index in [1.807, 2.05) is 0 Å². The van der Waals surface area contributed by atoms with Gasteiger partial charge < -0.3 is 9.80 Å². The molecule has 7 heteroatoms. The standard InChI is InChI=1S/C14H30N4O2S/c1-15(2)14-4-6-16(7-5-14)8-9-17-10-12-18(13-11-17)21(3,19)20/h14H,4-13H2,1-3H3. The second-order valence-electron chi connectivity index (χ2n) is 6.54. The summed E-state index contributed by atoms with van der Waals surface area (Å²) in [5, 5.41) is 0. The molecule has 2 fully saturated rings. The molecule has 0 aromatic carbocycles. The third-order valence-electron chi connectivity index (χ3n) is 4.82. The van der Waals surface area contributed by atoms with E-state index < -0.39 is 10.0 Å². The summed E-state index contributed by atoms with van der Waals surface area (Å²) in [6, 6.07) is 0.736. The number of piperazine rings is 1. The Morgan fingerprint density at radius 2 is 1.38 bits per heavy atom. The Hall–Kier alpha value is -0.210. The normalized spacial score (nSPS) is 24.8. The topological polar surface area (TPSA) is 47.1 Å². The summed E-state index contributed by atoms with van der Waals surface area (Å²) in [7, 11) is 1.33. The first kappa shape index (κ1) is 17.1. The van der Waals surface area contributed by atoms with E-state index in [9.17, 15) is 8.42 Å². The summed E-state index contributed by atoms with van der Waals surface area (Å²) in [4.78, 5) is 7.27. The molecule has 0 aromatic rings. The van der Waals surface area contributed by atoms with Gasteiger partial charge in [0.15, 0.2) is 0 Å². The zero-order valence-corrected chi connectivity index (χ0v) is 14.5. The molecule has 2 rings (SSSR count). The van der Waals surface area contributed by atoms with Crippen molar-refractivity contribution in [2.24, 2.45) is 0 Å². The highest BCUT2D eigenvalue weighted by Crippen LogP contribution is 2.14. The maximum Gasteiger partial charge on any atom is 0.211 e. The molecule has 0 N–H and O–H groups in total. The third kappa shape index (κ3) is 5.17. The van der Waals surface area contributed by atoms with Crippen LogP contribution < -0.4 is 0 Å². The van der Waals surface area contributed by atoms with E-state index in [0.717, 1.165) is 32.2 Å². The fraction of sp³-hybridized carbons (Fsp3) is 1.00. The van der Waals surface area contributed by atoms with Gasteiger partial charge in [-0.3, -0.25) is 4.90 Å². The number of likely N-dealkylation sites (tertiary alicyclic amines) is 1. The number of piperidine rings is 1. The van der Waals surface area contributed by atoms with Crippen LogP contribution in [-0.2, 0) is 10.0 Å². The van der Waals surface area contributed by atoms with Crippen LogP contribution in [0.4, 0.5) is 0 Å². The summed E-state index contributed by atoms with van der Waals surface area (Å²) >= 11 is 0. The monoisotopic (exact) mass is 318 g/mol. The average Bonchev–Trinajstić information content (AvgIpc) is 2.45. The first-order chi connectivity index (χ1) is 9.86. The van der Waals surface area contributed by atoms with Gasteiger partial charge >= 0.3 is 0 Å². The lowest BCUT2D eigenvalue weighted by Crippen LogP contribution is -2.50. The van der Waals surface area contributed by atoms with Crippen LogP contribution >= 0.6 is 0 Å². The summed E-state index contributed by atoms with van der Waals surface area (Å²) < 4.78 is 24.5. The van der Waals surface area contributed by atoms with Gasteiger partial charge in [-0.1, -0.05) is 0 Å². The Labute approximate surface area is 129 Å². The van der Waals surface area contributed by atoms with E-state index in [0.29, 0.717) is 13.1 Å². The van der Waals surface area contributed by atoms with Crippen molar-refractivity contribution in [3.63, 3.8) is 0 Å². The summed E-state index contributed by atoms with van der Waals surface area (Å²) in [6.07, 6.45) is 3.82.